The molecule has 1 fully saturated rings. The summed E-state index contributed by atoms with van der Waals surface area (Å²) in [6, 6.07) is 11.5. The van der Waals surface area contributed by atoms with Gasteiger partial charge in [-0.25, -0.2) is 13.2 Å². The first-order valence-electron chi connectivity index (χ1n) is 10.7. The summed E-state index contributed by atoms with van der Waals surface area (Å²) in [7, 11) is -2.19. The average Bonchev–Trinajstić information content (AvgIpc) is 3.35. The second kappa shape index (κ2) is 9.92. The van der Waals surface area contributed by atoms with Crippen molar-refractivity contribution in [1.29, 1.82) is 0 Å². The third-order valence-electron chi connectivity index (χ3n) is 5.42. The molecule has 1 atom stereocenters. The fourth-order valence-corrected chi connectivity index (χ4v) is 5.12. The maximum atomic E-state index is 13.1. The van der Waals surface area contributed by atoms with Crippen molar-refractivity contribution in [3.63, 3.8) is 0 Å². The van der Waals surface area contributed by atoms with Crippen LogP contribution in [0, 0.1) is 6.92 Å². The second-order valence-electron chi connectivity index (χ2n) is 7.72. The lowest BCUT2D eigenvalue weighted by Crippen LogP contribution is -2.40. The van der Waals surface area contributed by atoms with Gasteiger partial charge in [-0.3, -0.25) is 0 Å². The van der Waals surface area contributed by atoms with E-state index in [-0.39, 0.29) is 35.3 Å². The standard InChI is InChI=1S/C23H25N3O7S/c1-15-4-5-18(14-20(15)34(28,29)26-10-12-31-13-11-26)23(27)32-16(2)21-24-25-22(33-21)17-6-8-19(30-3)9-7-17/h4-9,14,16H,10-13H2,1-3H3. The number of nitrogens with zero attached hydrogens (tertiary/aromatic N) is 3. The summed E-state index contributed by atoms with van der Waals surface area (Å²) in [5.74, 6) is 0.385. The number of morpholine rings is 1. The number of ether oxygens (including phenoxy) is 3. The Labute approximate surface area is 197 Å². The van der Waals surface area contributed by atoms with Crippen molar-refractivity contribution in [3.8, 4) is 17.2 Å². The van der Waals surface area contributed by atoms with Crippen LogP contribution in [-0.4, -0.2) is 62.3 Å². The highest BCUT2D eigenvalue weighted by atomic mass is 32.2. The molecule has 1 aliphatic heterocycles. The van der Waals surface area contributed by atoms with E-state index >= 15 is 0 Å². The molecule has 2 heterocycles. The van der Waals surface area contributed by atoms with E-state index in [1.54, 1.807) is 51.3 Å². The topological polar surface area (TPSA) is 121 Å². The first kappa shape index (κ1) is 23.9. The molecule has 4 rings (SSSR count). The van der Waals surface area contributed by atoms with E-state index in [2.05, 4.69) is 10.2 Å². The van der Waals surface area contributed by atoms with Crippen molar-refractivity contribution >= 4 is 16.0 Å². The highest BCUT2D eigenvalue weighted by Gasteiger charge is 2.29. The van der Waals surface area contributed by atoms with Crippen LogP contribution in [0.4, 0.5) is 0 Å². The number of methoxy groups -OCH3 is 1. The Kier molecular flexibility index (Phi) is 6.96. The molecule has 0 aliphatic carbocycles. The molecule has 34 heavy (non-hydrogen) atoms. The van der Waals surface area contributed by atoms with Crippen molar-refractivity contribution in [1.82, 2.24) is 14.5 Å². The van der Waals surface area contributed by atoms with E-state index in [9.17, 15) is 13.2 Å². The lowest BCUT2D eigenvalue weighted by atomic mass is 10.1. The molecule has 0 saturated carbocycles. The minimum Gasteiger partial charge on any atom is -0.497 e. The second-order valence-corrected chi connectivity index (χ2v) is 9.62. The van der Waals surface area contributed by atoms with Gasteiger partial charge < -0.3 is 18.6 Å². The van der Waals surface area contributed by atoms with E-state index in [1.165, 1.54) is 16.4 Å². The average molecular weight is 488 g/mol. The van der Waals surface area contributed by atoms with Gasteiger partial charge in [0.05, 0.1) is 30.8 Å². The fraction of sp³-hybridized carbons (Fsp3) is 0.348. The summed E-state index contributed by atoms with van der Waals surface area (Å²) >= 11 is 0. The van der Waals surface area contributed by atoms with Gasteiger partial charge in [-0.15, -0.1) is 10.2 Å². The van der Waals surface area contributed by atoms with Crippen LogP contribution in [0.2, 0.25) is 0 Å². The number of carbonyl (C=O) groups is 1. The Bertz CT molecular complexity index is 1270. The maximum absolute atomic E-state index is 13.1. The zero-order valence-corrected chi connectivity index (χ0v) is 19.9. The molecule has 0 spiro atoms. The van der Waals surface area contributed by atoms with Gasteiger partial charge in [0, 0.05) is 18.7 Å². The van der Waals surface area contributed by atoms with Crippen LogP contribution in [0.15, 0.2) is 51.8 Å². The Morgan fingerprint density at radius 1 is 1.09 bits per heavy atom. The molecular formula is C23H25N3O7S. The van der Waals surface area contributed by atoms with Crippen molar-refractivity contribution in [2.24, 2.45) is 0 Å². The number of benzene rings is 2. The zero-order valence-electron chi connectivity index (χ0n) is 19.1. The number of hydrogen-bond donors (Lipinski definition) is 0. The number of hydrogen-bond acceptors (Lipinski definition) is 9. The summed E-state index contributed by atoms with van der Waals surface area (Å²) in [4.78, 5) is 12.9. The smallest absolute Gasteiger partial charge is 0.338 e. The minimum absolute atomic E-state index is 0.0658. The first-order valence-corrected chi connectivity index (χ1v) is 12.1. The van der Waals surface area contributed by atoms with Crippen molar-refractivity contribution in [2.75, 3.05) is 33.4 Å². The quantitative estimate of drug-likeness (QED) is 0.463. The van der Waals surface area contributed by atoms with Gasteiger partial charge in [-0.2, -0.15) is 4.31 Å². The van der Waals surface area contributed by atoms with Crippen LogP contribution in [-0.2, 0) is 19.5 Å². The molecule has 0 amide bonds. The van der Waals surface area contributed by atoms with E-state index in [4.69, 9.17) is 18.6 Å². The van der Waals surface area contributed by atoms with Gasteiger partial charge in [0.25, 0.3) is 5.89 Å². The molecule has 2 aromatic carbocycles. The van der Waals surface area contributed by atoms with Gasteiger partial charge in [0.1, 0.15) is 5.75 Å². The monoisotopic (exact) mass is 487 g/mol. The molecule has 0 bridgehead atoms. The number of aryl methyl sites for hydroxylation is 1. The SMILES string of the molecule is COc1ccc(-c2nnc(C(C)OC(=O)c3ccc(C)c(S(=O)(=O)N4CCOCC4)c3)o2)cc1. The highest BCUT2D eigenvalue weighted by molar-refractivity contribution is 7.89. The van der Waals surface area contributed by atoms with Gasteiger partial charge in [0.15, 0.2) is 6.10 Å². The van der Waals surface area contributed by atoms with E-state index in [1.807, 2.05) is 0 Å². The van der Waals surface area contributed by atoms with Crippen LogP contribution in [0.5, 0.6) is 5.75 Å². The summed E-state index contributed by atoms with van der Waals surface area (Å²) < 4.78 is 49.0. The minimum atomic E-state index is -3.77. The summed E-state index contributed by atoms with van der Waals surface area (Å²) in [6.45, 7) is 4.48. The van der Waals surface area contributed by atoms with E-state index < -0.39 is 22.1 Å². The molecule has 11 heteroatoms. The largest absolute Gasteiger partial charge is 0.497 e. The van der Waals surface area contributed by atoms with E-state index in [0.29, 0.717) is 30.1 Å². The fourth-order valence-electron chi connectivity index (χ4n) is 3.46. The van der Waals surface area contributed by atoms with E-state index in [0.717, 1.165) is 0 Å². The molecule has 0 radical (unpaired) electrons. The molecule has 0 N–H and O–H groups in total. The highest BCUT2D eigenvalue weighted by Crippen LogP contribution is 2.26. The third-order valence-corrected chi connectivity index (χ3v) is 7.46. The lowest BCUT2D eigenvalue weighted by Gasteiger charge is -2.26. The predicted octanol–water partition coefficient (Wildman–Crippen LogP) is 2.99. The number of sulfonamides is 1. The van der Waals surface area contributed by atoms with Crippen LogP contribution < -0.4 is 4.74 Å². The zero-order chi connectivity index (χ0) is 24.3. The molecule has 180 valence electrons. The molecule has 1 saturated heterocycles. The normalized spacial score (nSPS) is 15.6. The van der Waals surface area contributed by atoms with Crippen LogP contribution in [0.1, 0.15) is 34.8 Å². The van der Waals surface area contributed by atoms with Gasteiger partial charge >= 0.3 is 5.97 Å². The summed E-state index contributed by atoms with van der Waals surface area (Å²) in [5, 5.41) is 7.98. The Hall–Kier alpha value is -3.28. The van der Waals surface area contributed by atoms with Gasteiger partial charge in [-0.1, -0.05) is 6.07 Å². The molecule has 1 unspecified atom stereocenters. The number of rotatable bonds is 7. The lowest BCUT2D eigenvalue weighted by molar-refractivity contribution is 0.0279. The molecule has 1 aromatic heterocycles. The van der Waals surface area contributed by atoms with Gasteiger partial charge in [0.2, 0.25) is 15.9 Å². The third kappa shape index (κ3) is 4.96. The Morgan fingerprint density at radius 2 is 1.79 bits per heavy atom. The predicted molar refractivity (Wildman–Crippen MR) is 121 cm³/mol. The summed E-state index contributed by atoms with van der Waals surface area (Å²) in [5.41, 5.74) is 1.34. The van der Waals surface area contributed by atoms with Crippen LogP contribution >= 0.6 is 0 Å². The van der Waals surface area contributed by atoms with Crippen molar-refractivity contribution in [3.05, 3.63) is 59.5 Å². The number of carbonyl (C=O) groups excluding carboxylic acids is 1. The Balaban J connectivity index is 1.49. The van der Waals surface area contributed by atoms with Crippen LogP contribution in [0.25, 0.3) is 11.5 Å². The molecular weight excluding hydrogens is 462 g/mol. The van der Waals surface area contributed by atoms with Gasteiger partial charge in [-0.05, 0) is 55.8 Å². The van der Waals surface area contributed by atoms with Crippen LogP contribution in [0.3, 0.4) is 0 Å². The molecule has 10 nitrogen and oxygen atoms in total. The number of aromatic nitrogens is 2. The molecule has 1 aliphatic rings. The van der Waals surface area contributed by atoms with Crippen molar-refractivity contribution in [2.45, 2.75) is 24.8 Å². The first-order chi connectivity index (χ1) is 16.3. The van der Waals surface area contributed by atoms with Crippen molar-refractivity contribution < 1.29 is 31.8 Å². The summed E-state index contributed by atoms with van der Waals surface area (Å²) in [6.07, 6.45) is -0.840. The maximum Gasteiger partial charge on any atom is 0.338 e. The number of esters is 1. The molecule has 3 aromatic rings. The Morgan fingerprint density at radius 3 is 2.47 bits per heavy atom.